The van der Waals surface area contributed by atoms with Crippen LogP contribution >= 0.6 is 0 Å². The number of benzene rings is 2. The Hall–Kier alpha value is -3.78. The largest absolute Gasteiger partial charge is 0.469 e. The predicted octanol–water partition coefficient (Wildman–Crippen LogP) is 5.56. The van der Waals surface area contributed by atoms with E-state index in [2.05, 4.69) is 29.0 Å². The molecule has 3 aromatic rings. The van der Waals surface area contributed by atoms with Crippen molar-refractivity contribution in [2.75, 3.05) is 19.0 Å². The number of methoxy groups -OCH3 is 1. The molecule has 182 valence electrons. The molecule has 1 atom stereocenters. The molecule has 0 radical (unpaired) electrons. The zero-order valence-corrected chi connectivity index (χ0v) is 20.2. The highest BCUT2D eigenvalue weighted by Crippen LogP contribution is 2.34. The van der Waals surface area contributed by atoms with Crippen molar-refractivity contribution in [2.45, 2.75) is 38.8 Å². The fourth-order valence-electron chi connectivity index (χ4n) is 4.62. The Morgan fingerprint density at radius 3 is 2.49 bits per heavy atom. The maximum absolute atomic E-state index is 12.0. The van der Waals surface area contributed by atoms with Crippen LogP contribution in [0.2, 0.25) is 0 Å². The fourth-order valence-corrected chi connectivity index (χ4v) is 4.62. The first-order valence-electron chi connectivity index (χ1n) is 11.7. The molecule has 0 aliphatic carbocycles. The molecule has 35 heavy (non-hydrogen) atoms. The number of hydrogen-bond acceptors (Lipinski definition) is 7. The Balaban J connectivity index is 1.48. The lowest BCUT2D eigenvalue weighted by Gasteiger charge is -2.45. The number of carbonyl (C=O) groups excluding carboxylic acids is 1. The molecule has 1 N–H and O–H groups in total. The topological polar surface area (TPSA) is 97.6 Å². The van der Waals surface area contributed by atoms with Gasteiger partial charge < -0.3 is 10.1 Å². The van der Waals surface area contributed by atoms with Crippen molar-refractivity contribution in [1.29, 1.82) is 0 Å². The third-order valence-corrected chi connectivity index (χ3v) is 6.61. The molecule has 1 saturated heterocycles. The van der Waals surface area contributed by atoms with Gasteiger partial charge in [0.2, 0.25) is 5.82 Å². The van der Waals surface area contributed by atoms with Crippen molar-refractivity contribution < 1.29 is 14.5 Å². The highest BCUT2D eigenvalue weighted by atomic mass is 16.6. The van der Waals surface area contributed by atoms with Gasteiger partial charge in [-0.05, 0) is 57.0 Å². The Bertz CT molecular complexity index is 1200. The smallest absolute Gasteiger partial charge is 0.311 e. The van der Waals surface area contributed by atoms with Crippen molar-refractivity contribution in [2.24, 2.45) is 5.92 Å². The minimum atomic E-state index is -0.432. The van der Waals surface area contributed by atoms with Crippen LogP contribution in [-0.4, -0.2) is 40.0 Å². The Labute approximate surface area is 205 Å². The van der Waals surface area contributed by atoms with Crippen LogP contribution in [0.4, 0.5) is 17.2 Å². The second-order valence-corrected chi connectivity index (χ2v) is 9.46. The second kappa shape index (κ2) is 10.2. The predicted molar refractivity (Wildman–Crippen MR) is 135 cm³/mol. The summed E-state index contributed by atoms with van der Waals surface area (Å²) >= 11 is 0. The standard InChI is InChI=1S/C27H30N4O4/c1-27(2)17-21(26(32)35-3)15-16-30(27)18-19-9-11-22(12-10-19)28-25-24(31(33)34)14-13-23(29-25)20-7-5-4-6-8-20/h4-14,21H,15-18H2,1-3H3,(H,28,29). The van der Waals surface area contributed by atoms with E-state index in [1.54, 1.807) is 6.07 Å². The molecule has 8 heteroatoms. The quantitative estimate of drug-likeness (QED) is 0.272. The lowest BCUT2D eigenvalue weighted by Crippen LogP contribution is -2.50. The number of rotatable bonds is 7. The van der Waals surface area contributed by atoms with E-state index in [1.165, 1.54) is 13.2 Å². The summed E-state index contributed by atoms with van der Waals surface area (Å²) in [6.07, 6.45) is 1.54. The van der Waals surface area contributed by atoms with Crippen molar-refractivity contribution in [3.63, 3.8) is 0 Å². The van der Waals surface area contributed by atoms with Gasteiger partial charge in [0.05, 0.1) is 23.6 Å². The maximum atomic E-state index is 12.0. The summed E-state index contributed by atoms with van der Waals surface area (Å²) in [7, 11) is 1.44. The molecule has 2 aromatic carbocycles. The number of hydrogen-bond donors (Lipinski definition) is 1. The number of nitrogens with zero attached hydrogens (tertiary/aromatic N) is 3. The normalized spacial score (nSPS) is 17.5. The van der Waals surface area contributed by atoms with Gasteiger partial charge in [0.1, 0.15) is 0 Å². The molecule has 1 unspecified atom stereocenters. The third-order valence-electron chi connectivity index (χ3n) is 6.61. The van der Waals surface area contributed by atoms with E-state index < -0.39 is 4.92 Å². The molecular formula is C27H30N4O4. The number of nitro groups is 1. The first-order chi connectivity index (χ1) is 16.8. The molecule has 1 aliphatic rings. The van der Waals surface area contributed by atoms with Crippen LogP contribution in [-0.2, 0) is 16.1 Å². The average Bonchev–Trinajstić information content (AvgIpc) is 2.86. The molecule has 1 aliphatic heterocycles. The first-order valence-corrected chi connectivity index (χ1v) is 11.7. The van der Waals surface area contributed by atoms with Gasteiger partial charge in [0, 0.05) is 29.4 Å². The zero-order chi connectivity index (χ0) is 25.0. The van der Waals surface area contributed by atoms with Crippen LogP contribution in [0.3, 0.4) is 0 Å². The van der Waals surface area contributed by atoms with Crippen LogP contribution in [0.1, 0.15) is 32.3 Å². The van der Waals surface area contributed by atoms with Gasteiger partial charge in [-0.1, -0.05) is 42.5 Å². The van der Waals surface area contributed by atoms with E-state index in [1.807, 2.05) is 54.6 Å². The average molecular weight is 475 g/mol. The summed E-state index contributed by atoms with van der Waals surface area (Å²) < 4.78 is 4.94. The molecule has 0 bridgehead atoms. The summed E-state index contributed by atoms with van der Waals surface area (Å²) in [5, 5.41) is 14.7. The number of ether oxygens (including phenoxy) is 1. The molecule has 0 spiro atoms. The molecule has 4 rings (SSSR count). The van der Waals surface area contributed by atoms with Gasteiger partial charge >= 0.3 is 11.7 Å². The van der Waals surface area contributed by atoms with E-state index in [0.717, 1.165) is 42.7 Å². The number of piperidine rings is 1. The SMILES string of the molecule is COC(=O)C1CCN(Cc2ccc(Nc3nc(-c4ccccc4)ccc3[N+](=O)[O-])cc2)C(C)(C)C1. The summed E-state index contributed by atoms with van der Waals surface area (Å²) in [6.45, 7) is 5.88. The van der Waals surface area contributed by atoms with Gasteiger partial charge in [0.15, 0.2) is 0 Å². The van der Waals surface area contributed by atoms with E-state index in [-0.39, 0.29) is 28.9 Å². The number of nitrogens with one attached hydrogen (secondary N) is 1. The number of anilines is 2. The molecule has 1 fully saturated rings. The minimum absolute atomic E-state index is 0.0623. The van der Waals surface area contributed by atoms with E-state index in [0.29, 0.717) is 5.69 Å². The number of pyridine rings is 1. The van der Waals surface area contributed by atoms with E-state index in [4.69, 9.17) is 4.74 Å². The minimum Gasteiger partial charge on any atom is -0.469 e. The van der Waals surface area contributed by atoms with Gasteiger partial charge in [-0.15, -0.1) is 0 Å². The van der Waals surface area contributed by atoms with Gasteiger partial charge in [0.25, 0.3) is 0 Å². The summed E-state index contributed by atoms with van der Waals surface area (Å²) in [5.74, 6) is 0.00933. The molecule has 0 amide bonds. The van der Waals surface area contributed by atoms with Crippen LogP contribution in [0, 0.1) is 16.0 Å². The lowest BCUT2D eigenvalue weighted by molar-refractivity contribution is -0.384. The van der Waals surface area contributed by atoms with Crippen molar-refractivity contribution in [3.05, 3.63) is 82.4 Å². The molecule has 0 saturated carbocycles. The highest BCUT2D eigenvalue weighted by Gasteiger charge is 2.38. The Morgan fingerprint density at radius 1 is 1.14 bits per heavy atom. The lowest BCUT2D eigenvalue weighted by atomic mass is 9.82. The molecule has 1 aromatic heterocycles. The molecule has 8 nitrogen and oxygen atoms in total. The Morgan fingerprint density at radius 2 is 1.86 bits per heavy atom. The summed E-state index contributed by atoms with van der Waals surface area (Å²) in [5.41, 5.74) is 3.19. The van der Waals surface area contributed by atoms with E-state index >= 15 is 0 Å². The van der Waals surface area contributed by atoms with Crippen LogP contribution in [0.15, 0.2) is 66.7 Å². The summed E-state index contributed by atoms with van der Waals surface area (Å²) in [6, 6.07) is 20.5. The fraction of sp³-hybridized carbons (Fsp3) is 0.333. The van der Waals surface area contributed by atoms with E-state index in [9.17, 15) is 14.9 Å². The number of carbonyl (C=O) groups is 1. The molecular weight excluding hydrogens is 444 g/mol. The van der Waals surface area contributed by atoms with Crippen LogP contribution < -0.4 is 5.32 Å². The monoisotopic (exact) mass is 474 g/mol. The second-order valence-electron chi connectivity index (χ2n) is 9.46. The van der Waals surface area contributed by atoms with Crippen molar-refractivity contribution >= 4 is 23.2 Å². The summed E-state index contributed by atoms with van der Waals surface area (Å²) in [4.78, 5) is 30.0. The number of likely N-dealkylation sites (tertiary alicyclic amines) is 1. The van der Waals surface area contributed by atoms with Crippen molar-refractivity contribution in [1.82, 2.24) is 9.88 Å². The highest BCUT2D eigenvalue weighted by molar-refractivity contribution is 5.72. The molecule has 2 heterocycles. The van der Waals surface area contributed by atoms with Crippen molar-refractivity contribution in [3.8, 4) is 11.3 Å². The third kappa shape index (κ3) is 5.66. The van der Waals surface area contributed by atoms with Gasteiger partial charge in [-0.2, -0.15) is 0 Å². The van der Waals surface area contributed by atoms with Gasteiger partial charge in [-0.25, -0.2) is 4.98 Å². The van der Waals surface area contributed by atoms with Gasteiger partial charge in [-0.3, -0.25) is 19.8 Å². The zero-order valence-electron chi connectivity index (χ0n) is 20.2. The van der Waals surface area contributed by atoms with Crippen LogP contribution in [0.5, 0.6) is 0 Å². The maximum Gasteiger partial charge on any atom is 0.311 e. The number of esters is 1. The number of aromatic nitrogens is 1. The first kappa shape index (κ1) is 24.3. The Kier molecular flexibility index (Phi) is 7.12. The van der Waals surface area contributed by atoms with Crippen LogP contribution in [0.25, 0.3) is 11.3 Å².